The van der Waals surface area contributed by atoms with Crippen molar-refractivity contribution in [2.45, 2.75) is 59.1 Å². The Kier molecular flexibility index (Phi) is 11.2. The third kappa shape index (κ3) is 9.16. The van der Waals surface area contributed by atoms with E-state index in [-0.39, 0.29) is 42.3 Å². The molecule has 6 heteroatoms. The topological polar surface area (TPSA) is 107 Å². The Morgan fingerprint density at radius 3 is 1.97 bits per heavy atom. The van der Waals surface area contributed by atoms with Gasteiger partial charge in [-0.1, -0.05) is 50.0 Å². The van der Waals surface area contributed by atoms with Crippen LogP contribution in [-0.4, -0.2) is 41.2 Å². The van der Waals surface area contributed by atoms with Gasteiger partial charge in [-0.25, -0.2) is 0 Å². The smallest absolute Gasteiger partial charge is 0.166 e. The van der Waals surface area contributed by atoms with Crippen LogP contribution in [0.4, 0.5) is 0 Å². The first-order valence-electron chi connectivity index (χ1n) is 12.3. The van der Waals surface area contributed by atoms with Crippen LogP contribution in [0.3, 0.4) is 0 Å². The lowest BCUT2D eigenvalue weighted by Gasteiger charge is -2.20. The quantitative estimate of drug-likeness (QED) is 0.248. The summed E-state index contributed by atoms with van der Waals surface area (Å²) in [4.78, 5) is 38.0. The lowest BCUT2D eigenvalue weighted by molar-refractivity contribution is -0.134. The van der Waals surface area contributed by atoms with Crippen LogP contribution in [0.1, 0.15) is 74.0 Å². The maximum absolute atomic E-state index is 13.0. The number of aliphatic hydroxyl groups excluding tert-OH is 1. The van der Waals surface area contributed by atoms with E-state index in [4.69, 9.17) is 15.6 Å². The van der Waals surface area contributed by atoms with Crippen molar-refractivity contribution in [3.8, 4) is 11.8 Å². The van der Waals surface area contributed by atoms with Gasteiger partial charge in [-0.05, 0) is 50.1 Å². The SMILES string of the molecule is CCCC(=O)C(C(=O)CCO)C(C)C(=O)c1ccc(C#Cc2ccc(COCC(C)(C)N)cc2)cc1. The number of hydrogen-bond acceptors (Lipinski definition) is 6. The van der Waals surface area contributed by atoms with E-state index in [1.54, 1.807) is 31.2 Å². The van der Waals surface area contributed by atoms with Gasteiger partial charge in [-0.2, -0.15) is 0 Å². The molecular weight excluding hydrogens is 454 g/mol. The summed E-state index contributed by atoms with van der Waals surface area (Å²) in [5, 5.41) is 9.13. The molecule has 0 amide bonds. The van der Waals surface area contributed by atoms with Crippen LogP contribution in [-0.2, 0) is 20.9 Å². The molecule has 2 aromatic carbocycles. The summed E-state index contributed by atoms with van der Waals surface area (Å²) >= 11 is 0. The number of rotatable bonds is 13. The van der Waals surface area contributed by atoms with Crippen LogP contribution in [0.15, 0.2) is 48.5 Å². The number of aliphatic hydroxyl groups is 1. The van der Waals surface area contributed by atoms with Gasteiger partial charge in [0.25, 0.3) is 0 Å². The van der Waals surface area contributed by atoms with Gasteiger partial charge in [0.2, 0.25) is 0 Å². The van der Waals surface area contributed by atoms with E-state index in [2.05, 4.69) is 11.8 Å². The maximum Gasteiger partial charge on any atom is 0.166 e. The number of ketones is 3. The fourth-order valence-electron chi connectivity index (χ4n) is 3.80. The van der Waals surface area contributed by atoms with Crippen LogP contribution < -0.4 is 5.73 Å². The Morgan fingerprint density at radius 2 is 1.47 bits per heavy atom. The fourth-order valence-corrected chi connectivity index (χ4v) is 3.80. The normalized spacial score (nSPS) is 12.8. The predicted octanol–water partition coefficient (Wildman–Crippen LogP) is 4.10. The molecule has 0 saturated heterocycles. The van der Waals surface area contributed by atoms with Crippen LogP contribution in [0.5, 0.6) is 0 Å². The van der Waals surface area contributed by atoms with Crippen molar-refractivity contribution >= 4 is 17.3 Å². The monoisotopic (exact) mass is 491 g/mol. The van der Waals surface area contributed by atoms with Crippen LogP contribution in [0.2, 0.25) is 0 Å². The van der Waals surface area contributed by atoms with Crippen molar-refractivity contribution in [3.05, 3.63) is 70.8 Å². The molecule has 0 aromatic heterocycles. The number of ether oxygens (including phenoxy) is 1. The number of benzene rings is 2. The summed E-state index contributed by atoms with van der Waals surface area (Å²) in [5.41, 5.74) is 8.61. The van der Waals surface area contributed by atoms with Gasteiger partial charge in [-0.15, -0.1) is 0 Å². The van der Waals surface area contributed by atoms with Crippen molar-refractivity contribution in [1.29, 1.82) is 0 Å². The number of hydrogen-bond donors (Lipinski definition) is 2. The van der Waals surface area contributed by atoms with Crippen molar-refractivity contribution in [1.82, 2.24) is 0 Å². The Balaban J connectivity index is 2.06. The molecule has 6 nitrogen and oxygen atoms in total. The van der Waals surface area contributed by atoms with Crippen molar-refractivity contribution in [3.63, 3.8) is 0 Å². The summed E-state index contributed by atoms with van der Waals surface area (Å²) in [5.74, 6) is 3.46. The molecule has 0 aliphatic rings. The minimum Gasteiger partial charge on any atom is -0.396 e. The molecule has 0 spiro atoms. The average molecular weight is 492 g/mol. The van der Waals surface area contributed by atoms with Gasteiger partial charge < -0.3 is 15.6 Å². The zero-order valence-electron chi connectivity index (χ0n) is 21.7. The van der Waals surface area contributed by atoms with Gasteiger partial charge in [0.05, 0.1) is 19.1 Å². The van der Waals surface area contributed by atoms with E-state index in [0.29, 0.717) is 25.2 Å². The molecule has 2 rings (SSSR count). The standard InChI is InChI=1S/C30H37NO5/c1-5-6-26(33)28(27(34)17-18-32)21(2)29(35)25-15-13-23(14-16-25)8-7-22-9-11-24(12-10-22)19-36-20-30(3,4)31/h9-16,21,28,32H,5-6,17-20,31H2,1-4H3. The number of carbonyl (C=O) groups excluding carboxylic acids is 3. The van der Waals surface area contributed by atoms with Gasteiger partial charge >= 0.3 is 0 Å². The second-order valence-electron chi connectivity index (χ2n) is 9.79. The first kappa shape index (κ1) is 29.1. The summed E-state index contributed by atoms with van der Waals surface area (Å²) < 4.78 is 5.63. The Hall–Kier alpha value is -3.11. The molecule has 2 unspecified atom stereocenters. The van der Waals surface area contributed by atoms with Crippen molar-refractivity contribution in [2.24, 2.45) is 17.6 Å². The zero-order valence-corrected chi connectivity index (χ0v) is 21.7. The summed E-state index contributed by atoms with van der Waals surface area (Å²) in [6.45, 7) is 7.91. The van der Waals surface area contributed by atoms with Crippen LogP contribution >= 0.6 is 0 Å². The summed E-state index contributed by atoms with van der Waals surface area (Å²) in [6.07, 6.45) is 0.694. The highest BCUT2D eigenvalue weighted by molar-refractivity contribution is 6.09. The molecule has 0 bridgehead atoms. The van der Waals surface area contributed by atoms with Gasteiger partial charge in [0.15, 0.2) is 5.78 Å². The largest absolute Gasteiger partial charge is 0.396 e. The third-order valence-corrected chi connectivity index (χ3v) is 5.68. The molecule has 2 atom stereocenters. The molecule has 0 aliphatic carbocycles. The number of carbonyl (C=O) groups is 3. The van der Waals surface area contributed by atoms with Crippen molar-refractivity contribution in [2.75, 3.05) is 13.2 Å². The number of Topliss-reactive ketones (excluding diaryl/α,β-unsaturated/α-hetero) is 3. The number of nitrogens with two attached hydrogens (primary N) is 1. The zero-order chi connectivity index (χ0) is 26.7. The van der Waals surface area contributed by atoms with E-state index in [1.807, 2.05) is 45.0 Å². The summed E-state index contributed by atoms with van der Waals surface area (Å²) in [6, 6.07) is 14.6. The highest BCUT2D eigenvalue weighted by atomic mass is 16.5. The molecular formula is C30H37NO5. The lowest BCUT2D eigenvalue weighted by Crippen LogP contribution is -2.37. The highest BCUT2D eigenvalue weighted by Gasteiger charge is 2.35. The Bertz CT molecular complexity index is 1070. The first-order valence-corrected chi connectivity index (χ1v) is 12.3. The first-order chi connectivity index (χ1) is 17.1. The molecule has 0 saturated carbocycles. The van der Waals surface area contributed by atoms with E-state index in [0.717, 1.165) is 16.7 Å². The fraction of sp³-hybridized carbons (Fsp3) is 0.433. The minimum absolute atomic E-state index is 0.133. The predicted molar refractivity (Wildman–Crippen MR) is 140 cm³/mol. The average Bonchev–Trinajstić information content (AvgIpc) is 2.83. The molecule has 36 heavy (non-hydrogen) atoms. The van der Waals surface area contributed by atoms with E-state index in [9.17, 15) is 14.4 Å². The third-order valence-electron chi connectivity index (χ3n) is 5.68. The molecule has 0 fully saturated rings. The minimum atomic E-state index is -1.03. The molecule has 192 valence electrons. The molecule has 3 N–H and O–H groups in total. The lowest BCUT2D eigenvalue weighted by atomic mass is 9.79. The van der Waals surface area contributed by atoms with Gasteiger partial charge in [0, 0.05) is 47.6 Å². The second-order valence-corrected chi connectivity index (χ2v) is 9.79. The van der Waals surface area contributed by atoms with Crippen LogP contribution in [0.25, 0.3) is 0 Å². The second kappa shape index (κ2) is 13.8. The molecule has 0 radical (unpaired) electrons. The Labute approximate surface area is 214 Å². The van der Waals surface area contributed by atoms with E-state index >= 15 is 0 Å². The van der Waals surface area contributed by atoms with Crippen LogP contribution in [0, 0.1) is 23.7 Å². The van der Waals surface area contributed by atoms with Crippen molar-refractivity contribution < 1.29 is 24.2 Å². The van der Waals surface area contributed by atoms with E-state index in [1.165, 1.54) is 0 Å². The van der Waals surface area contributed by atoms with Gasteiger partial charge in [0.1, 0.15) is 11.6 Å². The Morgan fingerprint density at radius 1 is 0.944 bits per heavy atom. The van der Waals surface area contributed by atoms with Gasteiger partial charge in [-0.3, -0.25) is 14.4 Å². The molecule has 0 aliphatic heterocycles. The highest BCUT2D eigenvalue weighted by Crippen LogP contribution is 2.23. The maximum atomic E-state index is 13.0. The van der Waals surface area contributed by atoms with E-state index < -0.39 is 11.8 Å². The summed E-state index contributed by atoms with van der Waals surface area (Å²) in [7, 11) is 0. The molecule has 0 heterocycles. The molecule has 2 aromatic rings.